The van der Waals surface area contributed by atoms with E-state index in [1.54, 1.807) is 6.07 Å². The van der Waals surface area contributed by atoms with Gasteiger partial charge >= 0.3 is 0 Å². The van der Waals surface area contributed by atoms with E-state index in [2.05, 4.69) is 38.4 Å². The number of nitriles is 1. The van der Waals surface area contributed by atoms with Crippen LogP contribution in [0.2, 0.25) is 0 Å². The molecule has 4 rings (SSSR count). The molecular weight excluding hydrogens is 314 g/mol. The number of aromatic nitrogens is 2. The molecule has 0 saturated carbocycles. The minimum atomic E-state index is -0.115. The Hall–Kier alpha value is -2.65. The number of hydrogen-bond acceptors (Lipinski definition) is 6. The molecule has 0 aromatic carbocycles. The Balaban J connectivity index is 1.41. The van der Waals surface area contributed by atoms with Crippen molar-refractivity contribution in [3.63, 3.8) is 0 Å². The first-order chi connectivity index (χ1) is 12.2. The number of hydrogen-bond donors (Lipinski definition) is 1. The number of nitrogens with one attached hydrogen (secondary N) is 1. The SMILES string of the molecule is Cc1cccc(N2CC[C@@]3(C[C@@H](Nc4cccc(C#N)n4)CO3)C2)n1. The van der Waals surface area contributed by atoms with E-state index >= 15 is 0 Å². The zero-order chi connectivity index (χ0) is 17.3. The Kier molecular flexibility index (Phi) is 4.02. The fraction of sp³-hybridized carbons (Fsp3) is 0.421. The van der Waals surface area contributed by atoms with Crippen molar-refractivity contribution < 1.29 is 4.74 Å². The van der Waals surface area contributed by atoms with E-state index in [-0.39, 0.29) is 11.6 Å². The van der Waals surface area contributed by atoms with Crippen LogP contribution in [0, 0.1) is 18.3 Å². The molecule has 2 aromatic rings. The Bertz CT molecular complexity index is 817. The quantitative estimate of drug-likeness (QED) is 0.929. The van der Waals surface area contributed by atoms with Gasteiger partial charge < -0.3 is 15.0 Å². The van der Waals surface area contributed by atoms with Crippen LogP contribution in [0.5, 0.6) is 0 Å². The number of nitrogens with zero attached hydrogens (tertiary/aromatic N) is 4. The molecule has 25 heavy (non-hydrogen) atoms. The van der Waals surface area contributed by atoms with Gasteiger partial charge in [0, 0.05) is 25.2 Å². The standard InChI is InChI=1S/C19H21N5O/c1-14-4-2-7-18(21-14)24-9-8-19(13-24)10-16(12-25-19)23-17-6-3-5-15(11-20)22-17/h2-7,16H,8-10,12-13H2,1H3,(H,22,23)/t16-,19-/m1/s1. The Labute approximate surface area is 147 Å². The summed E-state index contributed by atoms with van der Waals surface area (Å²) in [5.74, 6) is 1.76. The fourth-order valence-electron chi connectivity index (χ4n) is 3.75. The van der Waals surface area contributed by atoms with E-state index in [1.807, 2.05) is 25.1 Å². The third-order valence-electron chi connectivity index (χ3n) is 4.94. The van der Waals surface area contributed by atoms with E-state index in [0.29, 0.717) is 12.3 Å². The molecule has 2 atom stereocenters. The summed E-state index contributed by atoms with van der Waals surface area (Å²) in [6, 6.07) is 13.9. The summed E-state index contributed by atoms with van der Waals surface area (Å²) in [5.41, 5.74) is 1.35. The van der Waals surface area contributed by atoms with Gasteiger partial charge in [-0.1, -0.05) is 12.1 Å². The topological polar surface area (TPSA) is 74.1 Å². The first kappa shape index (κ1) is 15.9. The van der Waals surface area contributed by atoms with Crippen LogP contribution in [-0.2, 0) is 4.74 Å². The Morgan fingerprint density at radius 2 is 2.16 bits per heavy atom. The second-order valence-electron chi connectivity index (χ2n) is 6.87. The van der Waals surface area contributed by atoms with Crippen molar-refractivity contribution in [3.8, 4) is 6.07 Å². The Morgan fingerprint density at radius 1 is 1.28 bits per heavy atom. The second-order valence-corrected chi connectivity index (χ2v) is 6.87. The zero-order valence-corrected chi connectivity index (χ0v) is 14.3. The van der Waals surface area contributed by atoms with E-state index < -0.39 is 0 Å². The van der Waals surface area contributed by atoms with Crippen molar-refractivity contribution in [2.24, 2.45) is 0 Å². The molecular formula is C19H21N5O. The molecule has 6 nitrogen and oxygen atoms in total. The van der Waals surface area contributed by atoms with Gasteiger partial charge in [0.1, 0.15) is 23.4 Å². The average Bonchev–Trinajstić information content (AvgIpc) is 3.22. The highest BCUT2D eigenvalue weighted by atomic mass is 16.5. The molecule has 6 heteroatoms. The molecule has 0 amide bonds. The van der Waals surface area contributed by atoms with Gasteiger partial charge in [0.15, 0.2) is 0 Å². The predicted octanol–water partition coefficient (Wildman–Crippen LogP) is 2.51. The molecule has 2 saturated heterocycles. The molecule has 2 aliphatic heterocycles. The van der Waals surface area contributed by atoms with E-state index in [1.165, 1.54) is 0 Å². The maximum atomic E-state index is 8.97. The van der Waals surface area contributed by atoms with E-state index in [9.17, 15) is 0 Å². The summed E-state index contributed by atoms with van der Waals surface area (Å²) >= 11 is 0. The summed E-state index contributed by atoms with van der Waals surface area (Å²) in [6.45, 7) is 4.51. The largest absolute Gasteiger partial charge is 0.371 e. The lowest BCUT2D eigenvalue weighted by molar-refractivity contribution is 0.0228. The van der Waals surface area contributed by atoms with Gasteiger partial charge in [-0.2, -0.15) is 5.26 Å². The summed E-state index contributed by atoms with van der Waals surface area (Å²) in [4.78, 5) is 11.2. The minimum Gasteiger partial charge on any atom is -0.371 e. The molecule has 2 aliphatic rings. The molecule has 2 fully saturated rings. The summed E-state index contributed by atoms with van der Waals surface area (Å²) in [5, 5.41) is 12.4. The summed E-state index contributed by atoms with van der Waals surface area (Å²) in [7, 11) is 0. The molecule has 0 radical (unpaired) electrons. The third kappa shape index (κ3) is 3.28. The highest BCUT2D eigenvalue weighted by molar-refractivity contribution is 5.43. The van der Waals surface area contributed by atoms with Gasteiger partial charge in [-0.05, 0) is 37.6 Å². The summed E-state index contributed by atoms with van der Waals surface area (Å²) < 4.78 is 6.20. The van der Waals surface area contributed by atoms with Gasteiger partial charge in [0.2, 0.25) is 0 Å². The van der Waals surface area contributed by atoms with Gasteiger partial charge in [-0.3, -0.25) is 0 Å². The van der Waals surface area contributed by atoms with Gasteiger partial charge in [0.05, 0.1) is 18.2 Å². The molecule has 128 valence electrons. The van der Waals surface area contributed by atoms with Crippen LogP contribution in [0.3, 0.4) is 0 Å². The van der Waals surface area contributed by atoms with Gasteiger partial charge in [-0.25, -0.2) is 9.97 Å². The third-order valence-corrected chi connectivity index (χ3v) is 4.94. The van der Waals surface area contributed by atoms with Crippen LogP contribution in [0.4, 0.5) is 11.6 Å². The molecule has 2 aromatic heterocycles. The van der Waals surface area contributed by atoms with Crippen LogP contribution < -0.4 is 10.2 Å². The van der Waals surface area contributed by atoms with Crippen molar-refractivity contribution in [2.45, 2.75) is 31.4 Å². The van der Waals surface area contributed by atoms with Crippen LogP contribution in [0.15, 0.2) is 36.4 Å². The van der Waals surface area contributed by atoms with Crippen molar-refractivity contribution in [2.75, 3.05) is 29.9 Å². The van der Waals surface area contributed by atoms with Crippen LogP contribution in [-0.4, -0.2) is 41.3 Å². The predicted molar refractivity (Wildman–Crippen MR) is 95.5 cm³/mol. The van der Waals surface area contributed by atoms with Crippen molar-refractivity contribution >= 4 is 11.6 Å². The molecule has 1 spiro atoms. The maximum Gasteiger partial charge on any atom is 0.142 e. The smallest absolute Gasteiger partial charge is 0.142 e. The zero-order valence-electron chi connectivity index (χ0n) is 14.3. The first-order valence-corrected chi connectivity index (χ1v) is 8.62. The number of rotatable bonds is 3. The van der Waals surface area contributed by atoms with Crippen molar-refractivity contribution in [1.29, 1.82) is 5.26 Å². The molecule has 4 heterocycles. The first-order valence-electron chi connectivity index (χ1n) is 8.62. The second kappa shape index (κ2) is 6.34. The number of aryl methyl sites for hydroxylation is 1. The Morgan fingerprint density at radius 3 is 3.00 bits per heavy atom. The summed E-state index contributed by atoms with van der Waals surface area (Å²) in [6.07, 6.45) is 1.94. The maximum absolute atomic E-state index is 8.97. The van der Waals surface area contributed by atoms with Crippen LogP contribution in [0.25, 0.3) is 0 Å². The molecule has 0 aliphatic carbocycles. The van der Waals surface area contributed by atoms with Gasteiger partial charge in [0.25, 0.3) is 0 Å². The monoisotopic (exact) mass is 335 g/mol. The lowest BCUT2D eigenvalue weighted by Gasteiger charge is -2.24. The number of ether oxygens (including phenoxy) is 1. The fourth-order valence-corrected chi connectivity index (χ4v) is 3.75. The molecule has 0 unspecified atom stereocenters. The van der Waals surface area contributed by atoms with Crippen molar-refractivity contribution in [3.05, 3.63) is 47.8 Å². The lowest BCUT2D eigenvalue weighted by Crippen LogP contribution is -2.34. The van der Waals surface area contributed by atoms with Gasteiger partial charge in [-0.15, -0.1) is 0 Å². The molecule has 0 bridgehead atoms. The van der Waals surface area contributed by atoms with E-state index in [4.69, 9.17) is 10.00 Å². The van der Waals surface area contributed by atoms with Crippen molar-refractivity contribution in [1.82, 2.24) is 9.97 Å². The number of pyridine rings is 2. The lowest BCUT2D eigenvalue weighted by atomic mass is 9.97. The van der Waals surface area contributed by atoms with Crippen LogP contribution in [0.1, 0.15) is 24.2 Å². The normalized spacial score (nSPS) is 25.3. The minimum absolute atomic E-state index is 0.115. The average molecular weight is 335 g/mol. The van der Waals surface area contributed by atoms with Crippen LogP contribution >= 0.6 is 0 Å². The highest BCUT2D eigenvalue weighted by Gasteiger charge is 2.46. The van der Waals surface area contributed by atoms with E-state index in [0.717, 1.165) is 43.3 Å². The highest BCUT2D eigenvalue weighted by Crippen LogP contribution is 2.37. The molecule has 1 N–H and O–H groups in total. The number of anilines is 2.